The molecule has 1 unspecified atom stereocenters. The van der Waals surface area contributed by atoms with E-state index in [1.807, 2.05) is 30.9 Å². The minimum absolute atomic E-state index is 0.167. The Morgan fingerprint density at radius 3 is 2.86 bits per heavy atom. The zero-order valence-electron chi connectivity index (χ0n) is 13.3. The van der Waals surface area contributed by atoms with Gasteiger partial charge in [0, 0.05) is 25.7 Å². The molecule has 3 rings (SSSR count). The Bertz CT molecular complexity index is 673. The Labute approximate surface area is 130 Å². The van der Waals surface area contributed by atoms with Crippen LogP contribution in [0, 0.1) is 19.8 Å². The number of likely N-dealkylation sites (tertiary alicyclic amines) is 1. The molecular formula is C17H21N3O2. The van der Waals surface area contributed by atoms with Crippen LogP contribution in [0.4, 0.5) is 0 Å². The molecule has 0 saturated carbocycles. The average molecular weight is 299 g/mol. The van der Waals surface area contributed by atoms with Crippen LogP contribution >= 0.6 is 0 Å². The van der Waals surface area contributed by atoms with Crippen LogP contribution in [0.1, 0.15) is 30.5 Å². The molecule has 0 spiro atoms. The molecule has 0 radical (unpaired) electrons. The van der Waals surface area contributed by atoms with Gasteiger partial charge in [-0.3, -0.25) is 9.78 Å². The van der Waals surface area contributed by atoms with Gasteiger partial charge < -0.3 is 9.42 Å². The summed E-state index contributed by atoms with van der Waals surface area (Å²) in [5, 5.41) is 4.00. The molecule has 1 aliphatic heterocycles. The first-order valence-corrected chi connectivity index (χ1v) is 7.69. The second-order valence-corrected chi connectivity index (χ2v) is 6.04. The van der Waals surface area contributed by atoms with Crippen LogP contribution < -0.4 is 0 Å². The van der Waals surface area contributed by atoms with Crippen LogP contribution in [-0.2, 0) is 11.2 Å². The summed E-state index contributed by atoms with van der Waals surface area (Å²) in [4.78, 5) is 18.1. The lowest BCUT2D eigenvalue weighted by molar-refractivity contribution is -0.127. The van der Waals surface area contributed by atoms with Gasteiger partial charge in [0.15, 0.2) is 0 Å². The number of aromatic nitrogens is 2. The number of nitrogens with zero attached hydrogens (tertiary/aromatic N) is 3. The zero-order chi connectivity index (χ0) is 15.7. The molecule has 3 heterocycles. The van der Waals surface area contributed by atoms with Gasteiger partial charge in [-0.25, -0.2) is 0 Å². The Morgan fingerprint density at radius 1 is 1.41 bits per heavy atom. The number of hydrogen-bond acceptors (Lipinski definition) is 4. The number of rotatable bonds is 3. The van der Waals surface area contributed by atoms with Gasteiger partial charge in [-0.2, -0.15) is 0 Å². The zero-order valence-corrected chi connectivity index (χ0v) is 13.3. The lowest BCUT2D eigenvalue weighted by Crippen LogP contribution is -2.26. The first kappa shape index (κ1) is 14.8. The van der Waals surface area contributed by atoms with Crippen molar-refractivity contribution >= 4 is 5.91 Å². The van der Waals surface area contributed by atoms with Crippen LogP contribution in [0.15, 0.2) is 22.7 Å². The summed E-state index contributed by atoms with van der Waals surface area (Å²) in [6.45, 7) is 7.18. The molecule has 1 fully saturated rings. The number of aryl methyl sites for hydroxylation is 2. The largest absolute Gasteiger partial charge is 0.361 e. The molecule has 2 aromatic heterocycles. The van der Waals surface area contributed by atoms with E-state index < -0.39 is 0 Å². The monoisotopic (exact) mass is 299 g/mol. The third kappa shape index (κ3) is 2.89. The highest BCUT2D eigenvalue weighted by atomic mass is 16.5. The maximum atomic E-state index is 11.4. The Kier molecular flexibility index (Phi) is 3.96. The van der Waals surface area contributed by atoms with E-state index in [9.17, 15) is 4.79 Å². The Morgan fingerprint density at radius 2 is 2.23 bits per heavy atom. The summed E-state index contributed by atoms with van der Waals surface area (Å²) in [5.41, 5.74) is 3.83. The van der Waals surface area contributed by atoms with Crippen molar-refractivity contribution in [1.82, 2.24) is 15.0 Å². The maximum absolute atomic E-state index is 11.4. The van der Waals surface area contributed by atoms with Crippen molar-refractivity contribution in [2.75, 3.05) is 13.1 Å². The summed E-state index contributed by atoms with van der Waals surface area (Å²) in [6.07, 6.45) is 1.96. The van der Waals surface area contributed by atoms with E-state index in [2.05, 4.69) is 11.2 Å². The highest BCUT2D eigenvalue weighted by Crippen LogP contribution is 2.26. The van der Waals surface area contributed by atoms with E-state index in [1.54, 1.807) is 6.92 Å². The van der Waals surface area contributed by atoms with Gasteiger partial charge in [-0.05, 0) is 44.7 Å². The molecule has 1 atom stereocenters. The normalized spacial score (nSPS) is 18.0. The van der Waals surface area contributed by atoms with Crippen LogP contribution in [-0.4, -0.2) is 34.0 Å². The van der Waals surface area contributed by atoms with E-state index in [4.69, 9.17) is 9.51 Å². The van der Waals surface area contributed by atoms with Gasteiger partial charge in [0.1, 0.15) is 5.76 Å². The van der Waals surface area contributed by atoms with Crippen molar-refractivity contribution in [3.63, 3.8) is 0 Å². The summed E-state index contributed by atoms with van der Waals surface area (Å²) in [6, 6.07) is 6.08. The quantitative estimate of drug-likeness (QED) is 0.874. The van der Waals surface area contributed by atoms with Crippen LogP contribution in [0.5, 0.6) is 0 Å². The van der Waals surface area contributed by atoms with E-state index in [1.165, 1.54) is 0 Å². The average Bonchev–Trinajstić information content (AvgIpc) is 3.06. The minimum Gasteiger partial charge on any atom is -0.361 e. The van der Waals surface area contributed by atoms with Gasteiger partial charge >= 0.3 is 0 Å². The lowest BCUT2D eigenvalue weighted by atomic mass is 10.0. The summed E-state index contributed by atoms with van der Waals surface area (Å²) in [7, 11) is 0. The molecule has 116 valence electrons. The van der Waals surface area contributed by atoms with E-state index in [0.29, 0.717) is 5.92 Å². The standard InChI is InChI=1S/C17H21N3O2/c1-11-17(12(2)22-19-11)16-6-4-5-15(18-16)9-14-7-8-20(10-14)13(3)21/h4-6,14H,7-10H2,1-3H3. The fraction of sp³-hybridized carbons (Fsp3) is 0.471. The Hall–Kier alpha value is -2.17. The molecule has 2 aromatic rings. The lowest BCUT2D eigenvalue weighted by Gasteiger charge is -2.14. The molecule has 0 aromatic carbocycles. The van der Waals surface area contributed by atoms with Crippen LogP contribution in [0.2, 0.25) is 0 Å². The predicted molar refractivity (Wildman–Crippen MR) is 83.3 cm³/mol. The molecular weight excluding hydrogens is 278 g/mol. The van der Waals surface area contributed by atoms with Crippen LogP contribution in [0.25, 0.3) is 11.3 Å². The molecule has 0 aliphatic carbocycles. The fourth-order valence-electron chi connectivity index (χ4n) is 3.16. The topological polar surface area (TPSA) is 59.2 Å². The predicted octanol–water partition coefficient (Wildman–Crippen LogP) is 2.76. The second-order valence-electron chi connectivity index (χ2n) is 6.04. The van der Waals surface area contributed by atoms with Crippen molar-refractivity contribution in [1.29, 1.82) is 0 Å². The number of carbonyl (C=O) groups excluding carboxylic acids is 1. The van der Waals surface area contributed by atoms with Gasteiger partial charge in [-0.1, -0.05) is 11.2 Å². The summed E-state index contributed by atoms with van der Waals surface area (Å²) < 4.78 is 5.23. The van der Waals surface area contributed by atoms with Gasteiger partial charge in [0.25, 0.3) is 0 Å². The smallest absolute Gasteiger partial charge is 0.219 e. The Balaban J connectivity index is 1.77. The molecule has 1 saturated heterocycles. The van der Waals surface area contributed by atoms with Gasteiger partial charge in [0.2, 0.25) is 5.91 Å². The van der Waals surface area contributed by atoms with Crippen molar-refractivity contribution < 1.29 is 9.32 Å². The third-order valence-corrected chi connectivity index (χ3v) is 4.33. The molecule has 0 bridgehead atoms. The van der Waals surface area contributed by atoms with Crippen molar-refractivity contribution in [2.24, 2.45) is 5.92 Å². The van der Waals surface area contributed by atoms with E-state index >= 15 is 0 Å². The minimum atomic E-state index is 0.167. The summed E-state index contributed by atoms with van der Waals surface area (Å²) >= 11 is 0. The van der Waals surface area contributed by atoms with Gasteiger partial charge in [0.05, 0.1) is 17.0 Å². The van der Waals surface area contributed by atoms with Crippen molar-refractivity contribution in [3.05, 3.63) is 35.3 Å². The first-order valence-electron chi connectivity index (χ1n) is 7.69. The van der Waals surface area contributed by atoms with Gasteiger partial charge in [-0.15, -0.1) is 0 Å². The molecule has 0 N–H and O–H groups in total. The molecule has 5 nitrogen and oxygen atoms in total. The number of amides is 1. The van der Waals surface area contributed by atoms with E-state index in [0.717, 1.165) is 54.3 Å². The summed E-state index contributed by atoms with van der Waals surface area (Å²) in [5.74, 6) is 1.46. The third-order valence-electron chi connectivity index (χ3n) is 4.33. The number of pyridine rings is 1. The molecule has 5 heteroatoms. The number of carbonyl (C=O) groups is 1. The highest BCUT2D eigenvalue weighted by Gasteiger charge is 2.24. The molecule has 1 aliphatic rings. The van der Waals surface area contributed by atoms with Crippen molar-refractivity contribution in [2.45, 2.75) is 33.6 Å². The molecule has 22 heavy (non-hydrogen) atoms. The van der Waals surface area contributed by atoms with Crippen LogP contribution in [0.3, 0.4) is 0 Å². The SMILES string of the molecule is CC(=O)N1CCC(Cc2cccc(-c3c(C)noc3C)n2)C1. The first-order chi connectivity index (χ1) is 10.5. The number of hydrogen-bond donors (Lipinski definition) is 0. The highest BCUT2D eigenvalue weighted by molar-refractivity contribution is 5.73. The fourth-order valence-corrected chi connectivity index (χ4v) is 3.16. The van der Waals surface area contributed by atoms with E-state index in [-0.39, 0.29) is 5.91 Å². The van der Waals surface area contributed by atoms with Crippen molar-refractivity contribution in [3.8, 4) is 11.3 Å². The second kappa shape index (κ2) is 5.91. The molecule has 1 amide bonds. The maximum Gasteiger partial charge on any atom is 0.219 e.